The van der Waals surface area contributed by atoms with Gasteiger partial charge in [-0.2, -0.15) is 5.26 Å². The third-order valence-corrected chi connectivity index (χ3v) is 2.27. The van der Waals surface area contributed by atoms with E-state index >= 15 is 0 Å². The molecule has 0 amide bonds. The Kier molecular flexibility index (Phi) is 4.40. The molecule has 0 aromatic carbocycles. The maximum Gasteiger partial charge on any atom is 0.178 e. The topological polar surface area (TPSA) is 40.9 Å². The van der Waals surface area contributed by atoms with Gasteiger partial charge < -0.3 is 0 Å². The molecule has 13 heavy (non-hydrogen) atoms. The van der Waals surface area contributed by atoms with Gasteiger partial charge in [0.05, 0.1) is 5.57 Å². The second-order valence-electron chi connectivity index (χ2n) is 3.70. The van der Waals surface area contributed by atoms with E-state index in [4.69, 9.17) is 5.26 Å². The van der Waals surface area contributed by atoms with Gasteiger partial charge >= 0.3 is 0 Å². The van der Waals surface area contributed by atoms with Gasteiger partial charge in [-0.25, -0.2) is 0 Å². The molecule has 0 N–H and O–H groups in total. The number of rotatable bonds is 4. The van der Waals surface area contributed by atoms with Gasteiger partial charge in [0.15, 0.2) is 5.78 Å². The standard InChI is InChI=1S/C11H17NO/c1-5-7-9(8-12)10(13)11(3,4)6-2/h7H,5-6H2,1-4H3/b9-7-. The first-order chi connectivity index (χ1) is 5.99. The molecule has 0 rings (SSSR count). The van der Waals surface area contributed by atoms with Crippen LogP contribution in [0.2, 0.25) is 0 Å². The summed E-state index contributed by atoms with van der Waals surface area (Å²) in [6.07, 6.45) is 3.18. The Balaban J connectivity index is 4.79. The number of allylic oxidation sites excluding steroid dienone is 2. The van der Waals surface area contributed by atoms with Crippen LogP contribution in [-0.4, -0.2) is 5.78 Å². The van der Waals surface area contributed by atoms with E-state index in [-0.39, 0.29) is 5.78 Å². The van der Waals surface area contributed by atoms with Crippen LogP contribution in [-0.2, 0) is 4.79 Å². The molecule has 0 unspecified atom stereocenters. The van der Waals surface area contributed by atoms with Crippen molar-refractivity contribution in [3.05, 3.63) is 11.6 Å². The van der Waals surface area contributed by atoms with Crippen LogP contribution in [0.3, 0.4) is 0 Å². The zero-order valence-electron chi connectivity index (χ0n) is 8.85. The molecule has 0 fully saturated rings. The largest absolute Gasteiger partial charge is 0.293 e. The molecule has 0 spiro atoms. The minimum atomic E-state index is -0.406. The van der Waals surface area contributed by atoms with E-state index in [1.165, 1.54) is 0 Å². The molecule has 0 aliphatic carbocycles. The third kappa shape index (κ3) is 3.02. The van der Waals surface area contributed by atoms with Crippen molar-refractivity contribution in [2.45, 2.75) is 40.5 Å². The third-order valence-electron chi connectivity index (χ3n) is 2.27. The van der Waals surface area contributed by atoms with E-state index in [1.54, 1.807) is 6.08 Å². The number of hydrogen-bond donors (Lipinski definition) is 0. The number of carbonyl (C=O) groups is 1. The molecule has 0 radical (unpaired) electrons. The number of ketones is 1. The lowest BCUT2D eigenvalue weighted by molar-refractivity contribution is -0.123. The second kappa shape index (κ2) is 4.81. The van der Waals surface area contributed by atoms with Gasteiger partial charge in [-0.1, -0.05) is 33.8 Å². The van der Waals surface area contributed by atoms with E-state index in [0.29, 0.717) is 5.57 Å². The van der Waals surface area contributed by atoms with Crippen molar-refractivity contribution in [3.8, 4) is 6.07 Å². The predicted octanol–water partition coefficient (Wildman–Crippen LogP) is 2.85. The average Bonchev–Trinajstić information content (AvgIpc) is 2.13. The molecule has 0 aliphatic heterocycles. The summed E-state index contributed by atoms with van der Waals surface area (Å²) < 4.78 is 0. The summed E-state index contributed by atoms with van der Waals surface area (Å²) >= 11 is 0. The van der Waals surface area contributed by atoms with Crippen LogP contribution in [0.15, 0.2) is 11.6 Å². The SMILES string of the molecule is CC/C=C(/C#N)C(=O)C(C)(C)CC. The molecule has 0 atom stereocenters. The zero-order chi connectivity index (χ0) is 10.5. The highest BCUT2D eigenvalue weighted by Gasteiger charge is 2.27. The Labute approximate surface area is 80.3 Å². The van der Waals surface area contributed by atoms with Gasteiger partial charge in [0.2, 0.25) is 0 Å². The number of hydrogen-bond acceptors (Lipinski definition) is 2. The van der Waals surface area contributed by atoms with Crippen molar-refractivity contribution in [2.75, 3.05) is 0 Å². The summed E-state index contributed by atoms with van der Waals surface area (Å²) in [5.74, 6) is -0.0423. The Hall–Kier alpha value is -1.10. The van der Waals surface area contributed by atoms with Crippen LogP contribution in [0.1, 0.15) is 40.5 Å². The van der Waals surface area contributed by atoms with Crippen molar-refractivity contribution in [1.82, 2.24) is 0 Å². The van der Waals surface area contributed by atoms with Gasteiger partial charge in [0.1, 0.15) is 6.07 Å². The first-order valence-corrected chi connectivity index (χ1v) is 4.64. The number of Topliss-reactive ketones (excluding diaryl/α,β-unsaturated/α-hetero) is 1. The normalized spacial score (nSPS) is 12.4. The molecule has 0 aliphatic rings. The van der Waals surface area contributed by atoms with E-state index in [9.17, 15) is 4.79 Å². The van der Waals surface area contributed by atoms with Crippen molar-refractivity contribution in [3.63, 3.8) is 0 Å². The second-order valence-corrected chi connectivity index (χ2v) is 3.70. The Morgan fingerprint density at radius 3 is 2.31 bits per heavy atom. The van der Waals surface area contributed by atoms with Gasteiger partial charge in [0, 0.05) is 5.41 Å². The Morgan fingerprint density at radius 2 is 2.00 bits per heavy atom. The Morgan fingerprint density at radius 1 is 1.46 bits per heavy atom. The zero-order valence-corrected chi connectivity index (χ0v) is 8.85. The fourth-order valence-corrected chi connectivity index (χ4v) is 0.918. The molecular formula is C11H17NO. The molecule has 0 aromatic heterocycles. The number of nitrogens with zero attached hydrogens (tertiary/aromatic N) is 1. The molecule has 2 heteroatoms. The first kappa shape index (κ1) is 11.9. The van der Waals surface area contributed by atoms with Crippen molar-refractivity contribution >= 4 is 5.78 Å². The van der Waals surface area contributed by atoms with Crippen molar-refractivity contribution < 1.29 is 4.79 Å². The van der Waals surface area contributed by atoms with Crippen LogP contribution in [0.4, 0.5) is 0 Å². The highest BCUT2D eigenvalue weighted by atomic mass is 16.1. The molecule has 0 heterocycles. The molecule has 72 valence electrons. The lowest BCUT2D eigenvalue weighted by atomic mass is 9.82. The maximum atomic E-state index is 11.7. The van der Waals surface area contributed by atoms with Gasteiger partial charge in [0.25, 0.3) is 0 Å². The highest BCUT2D eigenvalue weighted by molar-refractivity contribution is 6.02. The lowest BCUT2D eigenvalue weighted by Crippen LogP contribution is -2.24. The first-order valence-electron chi connectivity index (χ1n) is 4.64. The molecule has 0 aromatic rings. The van der Waals surface area contributed by atoms with Gasteiger partial charge in [-0.3, -0.25) is 4.79 Å². The van der Waals surface area contributed by atoms with Gasteiger partial charge in [-0.05, 0) is 12.8 Å². The van der Waals surface area contributed by atoms with Gasteiger partial charge in [-0.15, -0.1) is 0 Å². The van der Waals surface area contributed by atoms with E-state index in [1.807, 2.05) is 33.8 Å². The molecule has 2 nitrogen and oxygen atoms in total. The maximum absolute atomic E-state index is 11.7. The van der Waals surface area contributed by atoms with Crippen LogP contribution in [0, 0.1) is 16.7 Å². The van der Waals surface area contributed by atoms with Crippen LogP contribution >= 0.6 is 0 Å². The quantitative estimate of drug-likeness (QED) is 0.492. The summed E-state index contributed by atoms with van der Waals surface area (Å²) in [4.78, 5) is 11.7. The van der Waals surface area contributed by atoms with E-state index < -0.39 is 5.41 Å². The number of carbonyl (C=O) groups excluding carboxylic acids is 1. The summed E-state index contributed by atoms with van der Waals surface area (Å²) in [7, 11) is 0. The van der Waals surface area contributed by atoms with E-state index in [2.05, 4.69) is 0 Å². The summed E-state index contributed by atoms with van der Waals surface area (Å²) in [6.45, 7) is 7.62. The molecule has 0 bridgehead atoms. The monoisotopic (exact) mass is 179 g/mol. The fraction of sp³-hybridized carbons (Fsp3) is 0.636. The van der Waals surface area contributed by atoms with Crippen LogP contribution < -0.4 is 0 Å². The predicted molar refractivity (Wildman–Crippen MR) is 53.1 cm³/mol. The molecule has 0 saturated carbocycles. The minimum absolute atomic E-state index is 0.0423. The van der Waals surface area contributed by atoms with Crippen LogP contribution in [0.5, 0.6) is 0 Å². The summed E-state index contributed by atoms with van der Waals surface area (Å²) in [5, 5.41) is 8.75. The summed E-state index contributed by atoms with van der Waals surface area (Å²) in [6, 6.07) is 1.95. The average molecular weight is 179 g/mol. The van der Waals surface area contributed by atoms with E-state index in [0.717, 1.165) is 12.8 Å². The fourth-order valence-electron chi connectivity index (χ4n) is 0.918. The van der Waals surface area contributed by atoms with Crippen molar-refractivity contribution in [2.24, 2.45) is 5.41 Å². The summed E-state index contributed by atoms with van der Waals surface area (Å²) in [5.41, 5.74) is -0.106. The molecular weight excluding hydrogens is 162 g/mol. The highest BCUT2D eigenvalue weighted by Crippen LogP contribution is 2.24. The van der Waals surface area contributed by atoms with Crippen molar-refractivity contribution in [1.29, 1.82) is 5.26 Å². The lowest BCUT2D eigenvalue weighted by Gasteiger charge is -2.19. The van der Waals surface area contributed by atoms with Crippen LogP contribution in [0.25, 0.3) is 0 Å². The minimum Gasteiger partial charge on any atom is -0.293 e. The Bertz CT molecular complexity index is 256. The molecule has 0 saturated heterocycles. The number of nitriles is 1. The smallest absolute Gasteiger partial charge is 0.178 e.